The van der Waals surface area contributed by atoms with Crippen LogP contribution in [0.25, 0.3) is 0 Å². The highest BCUT2D eigenvalue weighted by molar-refractivity contribution is 7.92. The molecule has 0 aliphatic heterocycles. The summed E-state index contributed by atoms with van der Waals surface area (Å²) in [5.41, 5.74) is -1.81. The van der Waals surface area contributed by atoms with Crippen molar-refractivity contribution >= 4 is 21.4 Å². The molecule has 0 atom stereocenters. The number of nitro benzene ring substituents is 1. The highest BCUT2D eigenvalue weighted by Crippen LogP contribution is 2.28. The van der Waals surface area contributed by atoms with Crippen LogP contribution in [0.1, 0.15) is 5.69 Å². The predicted octanol–water partition coefficient (Wildman–Crippen LogP) is 2.81. The Hall–Kier alpha value is -2.69. The second-order valence-corrected chi connectivity index (χ2v) is 5.97. The van der Waals surface area contributed by atoms with Crippen molar-refractivity contribution in [2.45, 2.75) is 11.1 Å². The molecule has 0 amide bonds. The quantitative estimate of drug-likeness (QED) is 0.677. The SMILES string of the molecule is O=[N+]([O-])c1cccc(S(=O)(=O)Nc2ccc(C(F)(F)F)nc2)c1. The maximum atomic E-state index is 12.4. The first-order valence-electron chi connectivity index (χ1n) is 5.90. The van der Waals surface area contributed by atoms with Crippen LogP contribution in [0.5, 0.6) is 0 Å². The third kappa shape index (κ3) is 3.94. The highest BCUT2D eigenvalue weighted by atomic mass is 32.2. The van der Waals surface area contributed by atoms with Gasteiger partial charge in [-0.3, -0.25) is 14.8 Å². The van der Waals surface area contributed by atoms with Crippen molar-refractivity contribution in [1.29, 1.82) is 0 Å². The van der Waals surface area contributed by atoms with Gasteiger partial charge in [-0.15, -0.1) is 0 Å². The van der Waals surface area contributed by atoms with Gasteiger partial charge in [-0.05, 0) is 18.2 Å². The van der Waals surface area contributed by atoms with E-state index in [9.17, 15) is 31.7 Å². The van der Waals surface area contributed by atoms with E-state index in [4.69, 9.17) is 0 Å². The Kier molecular flexibility index (Phi) is 4.23. The van der Waals surface area contributed by atoms with Crippen LogP contribution >= 0.6 is 0 Å². The molecule has 23 heavy (non-hydrogen) atoms. The number of benzene rings is 1. The molecule has 11 heteroatoms. The van der Waals surface area contributed by atoms with E-state index in [0.717, 1.165) is 24.3 Å². The van der Waals surface area contributed by atoms with Gasteiger partial charge in [0.25, 0.3) is 15.7 Å². The van der Waals surface area contributed by atoms with Gasteiger partial charge in [0.15, 0.2) is 0 Å². The highest BCUT2D eigenvalue weighted by Gasteiger charge is 2.32. The molecule has 2 aromatic rings. The first kappa shape index (κ1) is 16.7. The minimum Gasteiger partial charge on any atom is -0.278 e. The van der Waals surface area contributed by atoms with E-state index in [2.05, 4.69) is 4.98 Å². The minimum absolute atomic E-state index is 0.204. The van der Waals surface area contributed by atoms with Crippen LogP contribution in [-0.4, -0.2) is 18.3 Å². The summed E-state index contributed by atoms with van der Waals surface area (Å²) < 4.78 is 63.3. The van der Waals surface area contributed by atoms with Crippen LogP contribution < -0.4 is 4.72 Å². The molecule has 0 bridgehead atoms. The van der Waals surface area contributed by atoms with Gasteiger partial charge in [0.1, 0.15) is 5.69 Å². The van der Waals surface area contributed by atoms with E-state index in [0.29, 0.717) is 12.3 Å². The zero-order chi connectivity index (χ0) is 17.3. The van der Waals surface area contributed by atoms with Crippen molar-refractivity contribution in [1.82, 2.24) is 4.98 Å². The average Bonchev–Trinajstić information content (AvgIpc) is 2.46. The number of pyridine rings is 1. The van der Waals surface area contributed by atoms with E-state index >= 15 is 0 Å². The molecule has 0 aliphatic rings. The van der Waals surface area contributed by atoms with E-state index < -0.39 is 37.4 Å². The number of non-ortho nitro benzene ring substituents is 1. The molecule has 1 aromatic carbocycles. The Balaban J connectivity index is 2.28. The molecule has 1 N–H and O–H groups in total. The molecular formula is C12H8F3N3O4S. The second kappa shape index (κ2) is 5.83. The lowest BCUT2D eigenvalue weighted by atomic mass is 10.3. The molecule has 122 valence electrons. The molecule has 2 rings (SSSR count). The van der Waals surface area contributed by atoms with Gasteiger partial charge >= 0.3 is 6.18 Å². The predicted molar refractivity (Wildman–Crippen MR) is 73.1 cm³/mol. The number of halogens is 3. The molecule has 0 radical (unpaired) electrons. The maximum absolute atomic E-state index is 12.4. The zero-order valence-electron chi connectivity index (χ0n) is 11.1. The van der Waals surface area contributed by atoms with Crippen molar-refractivity contribution in [2.24, 2.45) is 0 Å². The third-order valence-electron chi connectivity index (χ3n) is 2.64. The van der Waals surface area contributed by atoms with Crippen LogP contribution in [0.4, 0.5) is 24.5 Å². The molecule has 0 saturated heterocycles. The topological polar surface area (TPSA) is 102 Å². The molecule has 7 nitrogen and oxygen atoms in total. The Bertz CT molecular complexity index is 835. The summed E-state index contributed by atoms with van der Waals surface area (Å²) in [5, 5.41) is 10.6. The normalized spacial score (nSPS) is 12.0. The van der Waals surface area contributed by atoms with Crippen molar-refractivity contribution < 1.29 is 26.5 Å². The summed E-state index contributed by atoms with van der Waals surface area (Å²) in [4.78, 5) is 12.6. The monoisotopic (exact) mass is 347 g/mol. The van der Waals surface area contributed by atoms with Crippen molar-refractivity contribution in [3.63, 3.8) is 0 Å². The Labute approximate surface area is 128 Å². The summed E-state index contributed by atoms with van der Waals surface area (Å²) in [7, 11) is -4.19. The number of nitrogens with one attached hydrogen (secondary N) is 1. The van der Waals surface area contributed by atoms with Crippen molar-refractivity contribution in [2.75, 3.05) is 4.72 Å². The number of anilines is 1. The van der Waals surface area contributed by atoms with Crippen LogP contribution in [0.15, 0.2) is 47.5 Å². The molecule has 1 aromatic heterocycles. The lowest BCUT2D eigenvalue weighted by molar-refractivity contribution is -0.385. The summed E-state index contributed by atoms with van der Waals surface area (Å²) >= 11 is 0. The molecule has 0 unspecified atom stereocenters. The minimum atomic E-state index is -4.64. The van der Waals surface area contributed by atoms with E-state index in [1.54, 1.807) is 0 Å². The number of sulfonamides is 1. The van der Waals surface area contributed by atoms with Gasteiger partial charge < -0.3 is 0 Å². The summed E-state index contributed by atoms with van der Waals surface area (Å²) in [6.07, 6.45) is -3.94. The van der Waals surface area contributed by atoms with Crippen LogP contribution in [0.3, 0.4) is 0 Å². The molecular weight excluding hydrogens is 339 g/mol. The largest absolute Gasteiger partial charge is 0.433 e. The first-order valence-corrected chi connectivity index (χ1v) is 7.38. The van der Waals surface area contributed by atoms with Gasteiger partial charge in [0.2, 0.25) is 0 Å². The van der Waals surface area contributed by atoms with Crippen LogP contribution in [-0.2, 0) is 16.2 Å². The van der Waals surface area contributed by atoms with E-state index in [-0.39, 0.29) is 5.69 Å². The number of nitro groups is 1. The molecule has 1 heterocycles. The number of aromatic nitrogens is 1. The number of alkyl halides is 3. The number of nitrogens with zero attached hydrogens (tertiary/aromatic N) is 2. The Morgan fingerprint density at radius 2 is 1.87 bits per heavy atom. The fourth-order valence-electron chi connectivity index (χ4n) is 1.60. The van der Waals surface area contributed by atoms with Gasteiger partial charge in [0.05, 0.1) is 21.7 Å². The lowest BCUT2D eigenvalue weighted by Gasteiger charge is -2.09. The van der Waals surface area contributed by atoms with Crippen LogP contribution in [0.2, 0.25) is 0 Å². The fourth-order valence-corrected chi connectivity index (χ4v) is 2.68. The lowest BCUT2D eigenvalue weighted by Crippen LogP contribution is -2.14. The van der Waals surface area contributed by atoms with Gasteiger partial charge in [-0.2, -0.15) is 13.2 Å². The summed E-state index contributed by atoms with van der Waals surface area (Å²) in [6, 6.07) is 5.75. The first-order chi connectivity index (χ1) is 10.6. The summed E-state index contributed by atoms with van der Waals surface area (Å²) in [5.74, 6) is 0. The van der Waals surface area contributed by atoms with Crippen molar-refractivity contribution in [3.05, 3.63) is 58.4 Å². The van der Waals surface area contributed by atoms with Crippen molar-refractivity contribution in [3.8, 4) is 0 Å². The zero-order valence-corrected chi connectivity index (χ0v) is 11.9. The second-order valence-electron chi connectivity index (χ2n) is 4.29. The molecule has 0 saturated carbocycles. The average molecular weight is 347 g/mol. The van der Waals surface area contributed by atoms with Gasteiger partial charge in [-0.1, -0.05) is 6.07 Å². The fraction of sp³-hybridized carbons (Fsp3) is 0.0833. The smallest absolute Gasteiger partial charge is 0.278 e. The summed E-state index contributed by atoms with van der Waals surface area (Å²) in [6.45, 7) is 0. The number of hydrogen-bond donors (Lipinski definition) is 1. The molecule has 0 spiro atoms. The third-order valence-corrected chi connectivity index (χ3v) is 4.02. The molecule has 0 fully saturated rings. The molecule has 0 aliphatic carbocycles. The number of rotatable bonds is 4. The Morgan fingerprint density at radius 1 is 1.17 bits per heavy atom. The van der Waals surface area contributed by atoms with Crippen LogP contribution in [0, 0.1) is 10.1 Å². The Morgan fingerprint density at radius 3 is 2.39 bits per heavy atom. The van der Waals surface area contributed by atoms with Gasteiger partial charge in [-0.25, -0.2) is 13.4 Å². The number of hydrogen-bond acceptors (Lipinski definition) is 5. The van der Waals surface area contributed by atoms with E-state index in [1.807, 2.05) is 4.72 Å². The van der Waals surface area contributed by atoms with E-state index in [1.165, 1.54) is 6.07 Å². The standard InChI is InChI=1S/C12H8F3N3O4S/c13-12(14,15)11-5-4-8(7-16-11)17-23(21,22)10-3-1-2-9(6-10)18(19)20/h1-7,17H. The maximum Gasteiger partial charge on any atom is 0.433 e. The van der Waals surface area contributed by atoms with Gasteiger partial charge in [0, 0.05) is 12.1 Å².